The number of rotatable bonds is 3. The Morgan fingerprint density at radius 3 is 2.76 bits per heavy atom. The van der Waals surface area contributed by atoms with Crippen LogP contribution in [0.5, 0.6) is 0 Å². The van der Waals surface area contributed by atoms with Crippen LogP contribution < -0.4 is 0 Å². The molecule has 1 N–H and O–H groups in total. The molecule has 2 aliphatic rings. The average Bonchev–Trinajstić information content (AvgIpc) is 2.92. The number of fused-ring (bicyclic) bond motifs is 1. The maximum Gasteiger partial charge on any atom is 0.407 e. The SMILES string of the molecule is O=C1OCc2cc(CCN3CCN(C(=O)O)CC3C(F)(F)F)ccc21. The van der Waals surface area contributed by atoms with Gasteiger partial charge in [0.15, 0.2) is 0 Å². The molecule has 0 saturated carbocycles. The van der Waals surface area contributed by atoms with Crippen LogP contribution in [-0.4, -0.2) is 65.4 Å². The van der Waals surface area contributed by atoms with Gasteiger partial charge in [-0.25, -0.2) is 9.59 Å². The number of nitrogens with zero attached hydrogens (tertiary/aromatic N) is 2. The summed E-state index contributed by atoms with van der Waals surface area (Å²) in [5.74, 6) is -0.386. The zero-order chi connectivity index (χ0) is 18.2. The van der Waals surface area contributed by atoms with E-state index in [-0.39, 0.29) is 32.2 Å². The van der Waals surface area contributed by atoms with Crippen molar-refractivity contribution in [3.05, 3.63) is 34.9 Å². The number of carbonyl (C=O) groups is 2. The Labute approximate surface area is 141 Å². The summed E-state index contributed by atoms with van der Waals surface area (Å²) in [4.78, 5) is 24.4. The number of halogens is 3. The predicted molar refractivity (Wildman–Crippen MR) is 80.3 cm³/mol. The third kappa shape index (κ3) is 3.71. The van der Waals surface area contributed by atoms with Crippen molar-refractivity contribution < 1.29 is 32.6 Å². The van der Waals surface area contributed by atoms with Crippen molar-refractivity contribution >= 4 is 12.1 Å². The lowest BCUT2D eigenvalue weighted by molar-refractivity contribution is -0.194. The van der Waals surface area contributed by atoms with E-state index in [9.17, 15) is 22.8 Å². The van der Waals surface area contributed by atoms with Gasteiger partial charge >= 0.3 is 18.2 Å². The van der Waals surface area contributed by atoms with Crippen molar-refractivity contribution in [2.45, 2.75) is 25.2 Å². The minimum Gasteiger partial charge on any atom is -0.465 e. The fourth-order valence-electron chi connectivity index (χ4n) is 3.19. The van der Waals surface area contributed by atoms with E-state index in [0.717, 1.165) is 16.0 Å². The quantitative estimate of drug-likeness (QED) is 0.839. The van der Waals surface area contributed by atoms with E-state index in [4.69, 9.17) is 9.84 Å². The van der Waals surface area contributed by atoms with Gasteiger partial charge in [-0.1, -0.05) is 12.1 Å². The summed E-state index contributed by atoms with van der Waals surface area (Å²) in [6.07, 6.45) is -5.45. The van der Waals surface area contributed by atoms with Gasteiger partial charge in [0.25, 0.3) is 0 Å². The van der Waals surface area contributed by atoms with Crippen LogP contribution in [0.1, 0.15) is 21.5 Å². The van der Waals surface area contributed by atoms with E-state index < -0.39 is 24.9 Å². The summed E-state index contributed by atoms with van der Waals surface area (Å²) in [6.45, 7) is -0.154. The average molecular weight is 358 g/mol. The van der Waals surface area contributed by atoms with Crippen LogP contribution in [-0.2, 0) is 17.8 Å². The summed E-state index contributed by atoms with van der Waals surface area (Å²) < 4.78 is 44.7. The van der Waals surface area contributed by atoms with Crippen molar-refractivity contribution in [2.24, 2.45) is 0 Å². The molecule has 3 rings (SSSR count). The number of amides is 1. The minimum atomic E-state index is -4.49. The van der Waals surface area contributed by atoms with Crippen molar-refractivity contribution in [3.8, 4) is 0 Å². The van der Waals surface area contributed by atoms with Crippen molar-refractivity contribution in [2.75, 3.05) is 26.2 Å². The van der Waals surface area contributed by atoms with Crippen LogP contribution in [0.3, 0.4) is 0 Å². The molecule has 6 nitrogen and oxygen atoms in total. The number of carbonyl (C=O) groups excluding carboxylic acids is 1. The van der Waals surface area contributed by atoms with Gasteiger partial charge in [0.2, 0.25) is 0 Å². The van der Waals surface area contributed by atoms with Crippen LogP contribution in [0.15, 0.2) is 18.2 Å². The zero-order valence-corrected chi connectivity index (χ0v) is 13.3. The Hall–Kier alpha value is -2.29. The smallest absolute Gasteiger partial charge is 0.407 e. The van der Waals surface area contributed by atoms with E-state index in [1.165, 1.54) is 4.90 Å². The molecule has 0 aromatic heterocycles. The molecule has 1 saturated heterocycles. The first kappa shape index (κ1) is 17.5. The lowest BCUT2D eigenvalue weighted by atomic mass is 10.0. The fraction of sp³-hybridized carbons (Fsp3) is 0.500. The van der Waals surface area contributed by atoms with Crippen molar-refractivity contribution in [1.29, 1.82) is 0 Å². The Morgan fingerprint density at radius 2 is 2.08 bits per heavy atom. The summed E-state index contributed by atoms with van der Waals surface area (Å²) in [5, 5.41) is 8.93. The highest BCUT2D eigenvalue weighted by Crippen LogP contribution is 2.28. The molecule has 2 heterocycles. The van der Waals surface area contributed by atoms with Gasteiger partial charge in [0.05, 0.1) is 5.56 Å². The molecule has 0 aliphatic carbocycles. The molecule has 1 aromatic carbocycles. The summed E-state index contributed by atoms with van der Waals surface area (Å²) >= 11 is 0. The molecule has 1 aromatic rings. The van der Waals surface area contributed by atoms with Gasteiger partial charge in [-0.15, -0.1) is 0 Å². The second-order valence-corrected chi connectivity index (χ2v) is 6.14. The molecule has 0 spiro atoms. The minimum absolute atomic E-state index is 0.0308. The van der Waals surface area contributed by atoms with E-state index in [0.29, 0.717) is 12.0 Å². The van der Waals surface area contributed by atoms with Gasteiger partial charge in [-0.2, -0.15) is 13.2 Å². The largest absolute Gasteiger partial charge is 0.465 e. The summed E-state index contributed by atoms with van der Waals surface area (Å²) in [7, 11) is 0. The lowest BCUT2D eigenvalue weighted by Crippen LogP contribution is -2.60. The first-order valence-corrected chi connectivity index (χ1v) is 7.83. The van der Waals surface area contributed by atoms with Crippen molar-refractivity contribution in [3.63, 3.8) is 0 Å². The first-order chi connectivity index (χ1) is 11.8. The van der Waals surface area contributed by atoms with Gasteiger partial charge in [-0.05, 0) is 18.1 Å². The Morgan fingerprint density at radius 1 is 1.32 bits per heavy atom. The lowest BCUT2D eigenvalue weighted by Gasteiger charge is -2.41. The number of esters is 1. The number of hydrogen-bond donors (Lipinski definition) is 1. The van der Waals surface area contributed by atoms with E-state index in [1.807, 2.05) is 0 Å². The zero-order valence-electron chi connectivity index (χ0n) is 13.3. The number of benzene rings is 1. The second-order valence-electron chi connectivity index (χ2n) is 6.14. The van der Waals surface area contributed by atoms with Crippen LogP contribution in [0, 0.1) is 0 Å². The molecule has 0 radical (unpaired) electrons. The topological polar surface area (TPSA) is 70.1 Å². The molecular weight excluding hydrogens is 341 g/mol. The van der Waals surface area contributed by atoms with E-state index in [2.05, 4.69) is 0 Å². The normalized spacial score (nSPS) is 21.2. The highest BCUT2D eigenvalue weighted by atomic mass is 19.4. The molecule has 136 valence electrons. The molecule has 1 unspecified atom stereocenters. The van der Waals surface area contributed by atoms with Gasteiger partial charge in [-0.3, -0.25) is 4.90 Å². The molecular formula is C16H17F3N2O4. The number of cyclic esters (lactones) is 1. The Bertz CT molecular complexity index is 692. The van der Waals surface area contributed by atoms with Crippen LogP contribution in [0.25, 0.3) is 0 Å². The third-order valence-corrected chi connectivity index (χ3v) is 4.58. The van der Waals surface area contributed by atoms with E-state index >= 15 is 0 Å². The molecule has 1 amide bonds. The van der Waals surface area contributed by atoms with Gasteiger partial charge in [0.1, 0.15) is 12.6 Å². The monoisotopic (exact) mass is 358 g/mol. The maximum absolute atomic E-state index is 13.3. The number of piperazine rings is 1. The Balaban J connectivity index is 1.67. The number of alkyl halides is 3. The fourth-order valence-corrected chi connectivity index (χ4v) is 3.19. The highest BCUT2D eigenvalue weighted by molar-refractivity contribution is 5.93. The molecule has 2 aliphatic heterocycles. The third-order valence-electron chi connectivity index (χ3n) is 4.58. The second kappa shape index (κ2) is 6.55. The number of hydrogen-bond acceptors (Lipinski definition) is 4. The van der Waals surface area contributed by atoms with E-state index in [1.54, 1.807) is 18.2 Å². The molecule has 0 bridgehead atoms. The van der Waals surface area contributed by atoms with Gasteiger partial charge < -0.3 is 14.7 Å². The highest BCUT2D eigenvalue weighted by Gasteiger charge is 2.47. The number of ether oxygens (including phenoxy) is 1. The predicted octanol–water partition coefficient (Wildman–Crippen LogP) is 2.13. The van der Waals surface area contributed by atoms with Crippen molar-refractivity contribution in [1.82, 2.24) is 9.80 Å². The summed E-state index contributed by atoms with van der Waals surface area (Å²) in [5.41, 5.74) is 2.05. The maximum atomic E-state index is 13.3. The van der Waals surface area contributed by atoms with Crippen LogP contribution >= 0.6 is 0 Å². The standard InChI is InChI=1S/C16H17F3N2O4/c17-16(18,19)13-8-21(15(23)24)6-5-20(13)4-3-10-1-2-12-11(7-10)9-25-14(12)22/h1-2,7,13H,3-6,8-9H2,(H,23,24). The molecule has 1 atom stereocenters. The first-order valence-electron chi connectivity index (χ1n) is 7.83. The molecule has 25 heavy (non-hydrogen) atoms. The van der Waals surface area contributed by atoms with Crippen LogP contribution in [0.2, 0.25) is 0 Å². The molecule has 9 heteroatoms. The van der Waals surface area contributed by atoms with Gasteiger partial charge in [0, 0.05) is 31.7 Å². The van der Waals surface area contributed by atoms with Crippen LogP contribution in [0.4, 0.5) is 18.0 Å². The Kier molecular flexibility index (Phi) is 4.59. The number of carboxylic acid groups (broad SMARTS) is 1. The molecule has 1 fully saturated rings. The summed E-state index contributed by atoms with van der Waals surface area (Å²) in [6, 6.07) is 3.30.